The van der Waals surface area contributed by atoms with Crippen molar-refractivity contribution in [2.75, 3.05) is 24.3 Å². The number of carbonyl (C=O) groups is 3. The number of sulfone groups is 1. The van der Waals surface area contributed by atoms with Crippen molar-refractivity contribution < 1.29 is 32.3 Å². The number of nitrogens with one attached hydrogen (secondary N) is 1. The Kier molecular flexibility index (Phi) is 8.13. The fraction of sp³-hybridized carbons (Fsp3) is 0.350. The third-order valence-corrected chi connectivity index (χ3v) is 6.96. The maximum Gasteiger partial charge on any atom is 0.348 e. The number of hydrogen-bond acceptors (Lipinski definition) is 8. The number of anilines is 1. The van der Waals surface area contributed by atoms with Gasteiger partial charge in [-0.25, -0.2) is 18.0 Å². The predicted molar refractivity (Wildman–Crippen MR) is 113 cm³/mol. The molecule has 0 atom stereocenters. The summed E-state index contributed by atoms with van der Waals surface area (Å²) in [5.41, 5.74) is 0.397. The summed E-state index contributed by atoms with van der Waals surface area (Å²) in [4.78, 5) is 37.2. The maximum absolute atomic E-state index is 12.4. The molecule has 0 radical (unpaired) electrons. The van der Waals surface area contributed by atoms with Gasteiger partial charge in [-0.15, -0.1) is 11.3 Å². The highest BCUT2D eigenvalue weighted by Crippen LogP contribution is 2.34. The summed E-state index contributed by atoms with van der Waals surface area (Å²) in [6.45, 7) is 5.13. The Balaban J connectivity index is 2.21. The van der Waals surface area contributed by atoms with E-state index in [2.05, 4.69) is 5.32 Å². The Hall–Kier alpha value is -2.72. The normalized spacial score (nSPS) is 11.0. The van der Waals surface area contributed by atoms with Gasteiger partial charge in [-0.05, 0) is 38.5 Å². The molecule has 0 unspecified atom stereocenters. The van der Waals surface area contributed by atoms with Gasteiger partial charge in [0.2, 0.25) is 5.91 Å². The highest BCUT2D eigenvalue weighted by Gasteiger charge is 2.27. The van der Waals surface area contributed by atoms with Gasteiger partial charge in [0.05, 0.1) is 29.4 Å². The SMILES string of the molecule is CCOC(=O)c1sc(NC(=O)CCS(=O)(=O)c2ccccc2)c(C(=O)OCC)c1C. The van der Waals surface area contributed by atoms with E-state index in [-0.39, 0.29) is 40.0 Å². The molecule has 2 rings (SSSR count). The highest BCUT2D eigenvalue weighted by atomic mass is 32.2. The van der Waals surface area contributed by atoms with E-state index in [1.165, 1.54) is 12.1 Å². The number of hydrogen-bond donors (Lipinski definition) is 1. The van der Waals surface area contributed by atoms with Gasteiger partial charge >= 0.3 is 11.9 Å². The summed E-state index contributed by atoms with van der Waals surface area (Å²) in [7, 11) is -3.63. The monoisotopic (exact) mass is 453 g/mol. The molecule has 0 fully saturated rings. The average molecular weight is 454 g/mol. The molecule has 0 saturated carbocycles. The first-order chi connectivity index (χ1) is 14.2. The van der Waals surface area contributed by atoms with Gasteiger partial charge in [0, 0.05) is 6.42 Å². The lowest BCUT2D eigenvalue weighted by Gasteiger charge is -2.08. The maximum atomic E-state index is 12.4. The lowest BCUT2D eigenvalue weighted by molar-refractivity contribution is -0.115. The van der Waals surface area contributed by atoms with Crippen LogP contribution in [0.2, 0.25) is 0 Å². The summed E-state index contributed by atoms with van der Waals surface area (Å²) >= 11 is 0.890. The second-order valence-corrected chi connectivity index (χ2v) is 9.26. The molecular formula is C20H23NO7S2. The highest BCUT2D eigenvalue weighted by molar-refractivity contribution is 7.91. The molecule has 0 aliphatic rings. The largest absolute Gasteiger partial charge is 0.462 e. The molecule has 1 amide bonds. The number of benzene rings is 1. The van der Waals surface area contributed by atoms with Gasteiger partial charge < -0.3 is 14.8 Å². The van der Waals surface area contributed by atoms with E-state index in [9.17, 15) is 22.8 Å². The molecule has 0 bridgehead atoms. The third kappa shape index (κ3) is 5.67. The van der Waals surface area contributed by atoms with Crippen molar-refractivity contribution >= 4 is 44.0 Å². The van der Waals surface area contributed by atoms with E-state index in [4.69, 9.17) is 9.47 Å². The molecule has 8 nitrogen and oxygen atoms in total. The zero-order valence-corrected chi connectivity index (χ0v) is 18.5. The number of esters is 2. The van der Waals surface area contributed by atoms with Crippen molar-refractivity contribution in [3.05, 3.63) is 46.3 Å². The van der Waals surface area contributed by atoms with E-state index in [1.807, 2.05) is 0 Å². The first-order valence-corrected chi connectivity index (χ1v) is 11.7. The quantitative estimate of drug-likeness (QED) is 0.580. The molecular weight excluding hydrogens is 430 g/mol. The smallest absolute Gasteiger partial charge is 0.348 e. The van der Waals surface area contributed by atoms with E-state index < -0.39 is 33.4 Å². The fourth-order valence-corrected chi connectivity index (χ4v) is 4.97. The molecule has 1 aromatic carbocycles. The first-order valence-electron chi connectivity index (χ1n) is 9.26. The van der Waals surface area contributed by atoms with E-state index in [0.29, 0.717) is 5.56 Å². The molecule has 1 heterocycles. The number of amides is 1. The van der Waals surface area contributed by atoms with E-state index in [1.54, 1.807) is 39.0 Å². The standard InChI is InChI=1S/C20H23NO7S2/c1-4-27-19(23)16-13(3)17(20(24)28-5-2)29-18(16)21-15(22)11-12-30(25,26)14-9-7-6-8-10-14/h6-10H,4-5,11-12H2,1-3H3,(H,21,22). The van der Waals surface area contributed by atoms with Gasteiger partial charge in [-0.3, -0.25) is 4.79 Å². The fourth-order valence-electron chi connectivity index (χ4n) is 2.60. The van der Waals surface area contributed by atoms with Crippen LogP contribution in [0.15, 0.2) is 35.2 Å². The van der Waals surface area contributed by atoms with Crippen LogP contribution in [0, 0.1) is 6.92 Å². The van der Waals surface area contributed by atoms with Crippen molar-refractivity contribution in [3.63, 3.8) is 0 Å². The van der Waals surface area contributed by atoms with Gasteiger partial charge in [0.25, 0.3) is 0 Å². The Morgan fingerprint density at radius 2 is 1.60 bits per heavy atom. The number of carbonyl (C=O) groups excluding carboxylic acids is 3. The van der Waals surface area contributed by atoms with Gasteiger partial charge in [-0.1, -0.05) is 18.2 Å². The Labute approximate surface area is 179 Å². The number of ether oxygens (including phenoxy) is 2. The summed E-state index contributed by atoms with van der Waals surface area (Å²) in [5, 5.41) is 2.66. The van der Waals surface area contributed by atoms with Crippen molar-refractivity contribution in [1.29, 1.82) is 0 Å². The van der Waals surface area contributed by atoms with Crippen molar-refractivity contribution in [2.24, 2.45) is 0 Å². The molecule has 0 aliphatic heterocycles. The second-order valence-electron chi connectivity index (χ2n) is 6.13. The van der Waals surface area contributed by atoms with E-state index >= 15 is 0 Å². The van der Waals surface area contributed by atoms with Crippen molar-refractivity contribution in [3.8, 4) is 0 Å². The molecule has 1 N–H and O–H groups in total. The van der Waals surface area contributed by atoms with Crippen LogP contribution < -0.4 is 5.32 Å². The van der Waals surface area contributed by atoms with Gasteiger partial charge in [0.1, 0.15) is 9.88 Å². The van der Waals surface area contributed by atoms with Gasteiger partial charge in [-0.2, -0.15) is 0 Å². The minimum Gasteiger partial charge on any atom is -0.462 e. The number of rotatable bonds is 9. The summed E-state index contributed by atoms with van der Waals surface area (Å²) in [6.07, 6.45) is -0.314. The van der Waals surface area contributed by atoms with E-state index in [0.717, 1.165) is 11.3 Å². The molecule has 0 saturated heterocycles. The van der Waals surface area contributed by atoms with Crippen LogP contribution in [0.5, 0.6) is 0 Å². The summed E-state index contributed by atoms with van der Waals surface area (Å²) < 4.78 is 34.7. The molecule has 2 aromatic rings. The minimum absolute atomic E-state index is 0.0594. The van der Waals surface area contributed by atoms with Crippen LogP contribution in [-0.4, -0.2) is 45.2 Å². The Morgan fingerprint density at radius 1 is 1.00 bits per heavy atom. The zero-order chi connectivity index (χ0) is 22.3. The third-order valence-electron chi connectivity index (χ3n) is 4.04. The molecule has 10 heteroatoms. The van der Waals surface area contributed by atoms with Crippen molar-refractivity contribution in [1.82, 2.24) is 0 Å². The topological polar surface area (TPSA) is 116 Å². The lowest BCUT2D eigenvalue weighted by atomic mass is 10.1. The van der Waals surface area contributed by atoms with Crippen LogP contribution in [0.25, 0.3) is 0 Å². The van der Waals surface area contributed by atoms with Crippen LogP contribution in [0.3, 0.4) is 0 Å². The Bertz CT molecular complexity index is 1030. The summed E-state index contributed by atoms with van der Waals surface area (Å²) in [6, 6.07) is 7.82. The number of thiophene rings is 1. The van der Waals surface area contributed by atoms with Gasteiger partial charge in [0.15, 0.2) is 9.84 Å². The average Bonchev–Trinajstić information content (AvgIpc) is 3.03. The van der Waals surface area contributed by atoms with Crippen molar-refractivity contribution in [2.45, 2.75) is 32.1 Å². The molecule has 0 aliphatic carbocycles. The molecule has 30 heavy (non-hydrogen) atoms. The van der Waals surface area contributed by atoms with Crippen LogP contribution in [0.4, 0.5) is 5.00 Å². The molecule has 0 spiro atoms. The Morgan fingerprint density at radius 3 is 2.20 bits per heavy atom. The lowest BCUT2D eigenvalue weighted by Crippen LogP contribution is -2.18. The first kappa shape index (κ1) is 23.6. The van der Waals surface area contributed by atoms with Crippen LogP contribution in [-0.2, 0) is 24.1 Å². The predicted octanol–water partition coefficient (Wildman–Crippen LogP) is 3.21. The van der Waals surface area contributed by atoms with Crippen LogP contribution >= 0.6 is 11.3 Å². The zero-order valence-electron chi connectivity index (χ0n) is 16.9. The van der Waals surface area contributed by atoms with Crippen LogP contribution in [0.1, 0.15) is 45.9 Å². The molecule has 1 aromatic heterocycles. The minimum atomic E-state index is -3.63. The molecule has 162 valence electrons. The summed E-state index contributed by atoms with van der Waals surface area (Å²) in [5.74, 6) is -2.30. The second kappa shape index (κ2) is 10.4.